The van der Waals surface area contributed by atoms with Crippen molar-refractivity contribution in [2.24, 2.45) is 11.7 Å². The van der Waals surface area contributed by atoms with Gasteiger partial charge in [0.05, 0.1) is 4.92 Å². The molecule has 0 aromatic heterocycles. The molecular weight excluding hydrogens is 180 g/mol. The molecule has 0 aliphatic heterocycles. The number of hydrogen-bond donors (Lipinski definition) is 1. The average Bonchev–Trinajstić information content (AvgIpc) is 3.03. The van der Waals surface area contributed by atoms with E-state index >= 15 is 0 Å². The Labute approximate surface area is 82.9 Å². The zero-order valence-electron chi connectivity index (χ0n) is 7.93. The minimum atomic E-state index is -0.417. The van der Waals surface area contributed by atoms with Gasteiger partial charge in [0.2, 0.25) is 0 Å². The fraction of sp³-hybridized carbons (Fsp3) is 0.400. The fourth-order valence-electron chi connectivity index (χ4n) is 0.903. The second-order valence-electron chi connectivity index (χ2n) is 3.27. The highest BCUT2D eigenvalue weighted by Crippen LogP contribution is 2.26. The van der Waals surface area contributed by atoms with Crippen LogP contribution in [0.5, 0.6) is 0 Å². The highest BCUT2D eigenvalue weighted by molar-refractivity contribution is 5.27. The van der Waals surface area contributed by atoms with Gasteiger partial charge in [0.15, 0.2) is 0 Å². The summed E-state index contributed by atoms with van der Waals surface area (Å²) in [5.74, 6) is 0.912. The van der Waals surface area contributed by atoms with Crippen molar-refractivity contribution < 1.29 is 4.92 Å². The first-order valence-corrected chi connectivity index (χ1v) is 4.63. The SMILES string of the molecule is NCC1CC1.O=[N+]([O-])c1ccccc1. The van der Waals surface area contributed by atoms with Crippen LogP contribution in [0.25, 0.3) is 0 Å². The summed E-state index contributed by atoms with van der Waals surface area (Å²) < 4.78 is 0. The summed E-state index contributed by atoms with van der Waals surface area (Å²) in [6.07, 6.45) is 2.77. The van der Waals surface area contributed by atoms with E-state index in [1.165, 1.54) is 25.0 Å². The van der Waals surface area contributed by atoms with Crippen LogP contribution in [0.2, 0.25) is 0 Å². The minimum absolute atomic E-state index is 0.137. The van der Waals surface area contributed by atoms with Gasteiger partial charge in [0.1, 0.15) is 0 Å². The Balaban J connectivity index is 0.000000165. The molecule has 0 spiro atoms. The number of para-hydroxylation sites is 1. The van der Waals surface area contributed by atoms with Crippen molar-refractivity contribution in [2.45, 2.75) is 12.8 Å². The molecule has 0 saturated heterocycles. The van der Waals surface area contributed by atoms with Crippen LogP contribution in [0.15, 0.2) is 30.3 Å². The molecular formula is C10H14N2O2. The molecule has 1 aliphatic carbocycles. The van der Waals surface area contributed by atoms with E-state index < -0.39 is 4.92 Å². The lowest BCUT2D eigenvalue weighted by molar-refractivity contribution is -0.384. The molecule has 1 saturated carbocycles. The van der Waals surface area contributed by atoms with Crippen LogP contribution in [0.3, 0.4) is 0 Å². The summed E-state index contributed by atoms with van der Waals surface area (Å²) in [7, 11) is 0. The minimum Gasteiger partial charge on any atom is -0.330 e. The molecule has 4 nitrogen and oxygen atoms in total. The van der Waals surface area contributed by atoms with Crippen molar-refractivity contribution >= 4 is 5.69 Å². The smallest absolute Gasteiger partial charge is 0.269 e. The highest BCUT2D eigenvalue weighted by atomic mass is 16.6. The molecule has 0 bridgehead atoms. The first-order valence-electron chi connectivity index (χ1n) is 4.63. The van der Waals surface area contributed by atoms with Gasteiger partial charge in [-0.25, -0.2) is 0 Å². The van der Waals surface area contributed by atoms with E-state index in [1.807, 2.05) is 0 Å². The van der Waals surface area contributed by atoms with E-state index in [0.29, 0.717) is 0 Å². The van der Waals surface area contributed by atoms with Crippen molar-refractivity contribution in [3.05, 3.63) is 40.4 Å². The van der Waals surface area contributed by atoms with Gasteiger partial charge in [-0.2, -0.15) is 0 Å². The lowest BCUT2D eigenvalue weighted by atomic mass is 10.3. The number of non-ortho nitro benzene ring substituents is 1. The molecule has 2 N–H and O–H groups in total. The van der Waals surface area contributed by atoms with E-state index in [2.05, 4.69) is 0 Å². The zero-order chi connectivity index (χ0) is 10.4. The third kappa shape index (κ3) is 4.00. The maximum Gasteiger partial charge on any atom is 0.269 e. The molecule has 1 aromatic carbocycles. The summed E-state index contributed by atoms with van der Waals surface area (Å²) in [6.45, 7) is 0.917. The van der Waals surface area contributed by atoms with E-state index in [0.717, 1.165) is 12.5 Å². The van der Waals surface area contributed by atoms with E-state index in [4.69, 9.17) is 5.73 Å². The molecule has 1 aliphatic rings. The van der Waals surface area contributed by atoms with Crippen LogP contribution in [0.1, 0.15) is 12.8 Å². The van der Waals surface area contributed by atoms with Crippen LogP contribution in [0.4, 0.5) is 5.69 Å². The van der Waals surface area contributed by atoms with Gasteiger partial charge in [-0.1, -0.05) is 18.2 Å². The Morgan fingerprint density at radius 2 is 1.93 bits per heavy atom. The molecule has 0 atom stereocenters. The number of nitrogens with two attached hydrogens (primary N) is 1. The Kier molecular flexibility index (Phi) is 4.07. The first kappa shape index (κ1) is 10.7. The highest BCUT2D eigenvalue weighted by Gasteiger charge is 2.17. The Hall–Kier alpha value is -1.42. The van der Waals surface area contributed by atoms with Crippen LogP contribution < -0.4 is 5.73 Å². The number of benzene rings is 1. The van der Waals surface area contributed by atoms with Crippen molar-refractivity contribution in [3.63, 3.8) is 0 Å². The molecule has 0 amide bonds. The predicted molar refractivity (Wildman–Crippen MR) is 54.9 cm³/mol. The van der Waals surface area contributed by atoms with Gasteiger partial charge < -0.3 is 5.73 Å². The molecule has 0 unspecified atom stereocenters. The largest absolute Gasteiger partial charge is 0.330 e. The molecule has 0 heterocycles. The van der Waals surface area contributed by atoms with Crippen molar-refractivity contribution in [3.8, 4) is 0 Å². The van der Waals surface area contributed by atoms with Crippen molar-refractivity contribution in [1.82, 2.24) is 0 Å². The van der Waals surface area contributed by atoms with Gasteiger partial charge in [-0.3, -0.25) is 10.1 Å². The number of rotatable bonds is 2. The first-order chi connectivity index (χ1) is 6.74. The van der Waals surface area contributed by atoms with E-state index in [-0.39, 0.29) is 5.69 Å². The Bertz CT molecular complexity index is 283. The summed E-state index contributed by atoms with van der Waals surface area (Å²) in [6, 6.07) is 7.93. The summed E-state index contributed by atoms with van der Waals surface area (Å²) in [4.78, 5) is 9.59. The predicted octanol–water partition coefficient (Wildman–Crippen LogP) is 1.95. The van der Waals surface area contributed by atoms with Crippen molar-refractivity contribution in [2.75, 3.05) is 6.54 Å². The second kappa shape index (κ2) is 5.34. The van der Waals surface area contributed by atoms with E-state index in [9.17, 15) is 10.1 Å². The fourth-order valence-corrected chi connectivity index (χ4v) is 0.903. The van der Waals surface area contributed by atoms with Gasteiger partial charge >= 0.3 is 0 Å². The Morgan fingerprint density at radius 1 is 1.36 bits per heavy atom. The standard InChI is InChI=1S/C6H5NO2.C4H9N/c8-7(9)6-4-2-1-3-5-6;5-3-4-1-2-4/h1-5H;4H,1-3,5H2. The zero-order valence-corrected chi connectivity index (χ0v) is 7.93. The molecule has 14 heavy (non-hydrogen) atoms. The number of hydrogen-bond acceptors (Lipinski definition) is 3. The monoisotopic (exact) mass is 194 g/mol. The second-order valence-corrected chi connectivity index (χ2v) is 3.27. The molecule has 76 valence electrons. The number of nitro benzene ring substituents is 1. The van der Waals surface area contributed by atoms with Gasteiger partial charge in [0.25, 0.3) is 5.69 Å². The van der Waals surface area contributed by atoms with Gasteiger partial charge in [0, 0.05) is 12.1 Å². The summed E-state index contributed by atoms with van der Waals surface area (Å²) in [5, 5.41) is 10.0. The molecule has 1 aromatic rings. The van der Waals surface area contributed by atoms with Gasteiger partial charge in [-0.05, 0) is 25.3 Å². The van der Waals surface area contributed by atoms with Crippen LogP contribution in [-0.4, -0.2) is 11.5 Å². The van der Waals surface area contributed by atoms with Gasteiger partial charge in [-0.15, -0.1) is 0 Å². The van der Waals surface area contributed by atoms with Crippen LogP contribution in [-0.2, 0) is 0 Å². The summed E-state index contributed by atoms with van der Waals surface area (Å²) >= 11 is 0. The van der Waals surface area contributed by atoms with Crippen molar-refractivity contribution in [1.29, 1.82) is 0 Å². The molecule has 2 rings (SSSR count). The van der Waals surface area contributed by atoms with Crippen LogP contribution >= 0.6 is 0 Å². The number of nitrogens with zero attached hydrogens (tertiary/aromatic N) is 1. The quantitative estimate of drug-likeness (QED) is 0.577. The maximum atomic E-state index is 10.0. The van der Waals surface area contributed by atoms with E-state index in [1.54, 1.807) is 18.2 Å². The lowest BCUT2D eigenvalue weighted by Gasteiger charge is -1.85. The average molecular weight is 194 g/mol. The summed E-state index contributed by atoms with van der Waals surface area (Å²) in [5.41, 5.74) is 5.37. The Morgan fingerprint density at radius 3 is 2.14 bits per heavy atom. The number of nitro groups is 1. The molecule has 1 fully saturated rings. The van der Waals surface area contributed by atoms with Crippen LogP contribution in [0, 0.1) is 16.0 Å². The molecule has 4 heteroatoms. The topological polar surface area (TPSA) is 69.2 Å². The molecule has 0 radical (unpaired) electrons. The normalized spacial score (nSPS) is 14.1. The lowest BCUT2D eigenvalue weighted by Crippen LogP contribution is -1.98. The third-order valence-corrected chi connectivity index (χ3v) is 2.00. The third-order valence-electron chi connectivity index (χ3n) is 2.00. The maximum absolute atomic E-state index is 10.0.